The molecule has 1 aliphatic rings. The van der Waals surface area contributed by atoms with Crippen LogP contribution in [-0.4, -0.2) is 61.4 Å². The molecular weight excluding hydrogens is 228 g/mol. The summed E-state index contributed by atoms with van der Waals surface area (Å²) in [5, 5.41) is 7.35. The fourth-order valence-electron chi connectivity index (χ4n) is 1.75. The Hall–Kier alpha value is -0.660. The monoisotopic (exact) mass is 248 g/mol. The number of amidine groups is 1. The van der Waals surface area contributed by atoms with E-state index in [4.69, 9.17) is 11.1 Å². The van der Waals surface area contributed by atoms with Crippen LogP contribution in [0.25, 0.3) is 0 Å². The normalized spacial score (nSPS) is 21.9. The van der Waals surface area contributed by atoms with E-state index in [0.717, 1.165) is 0 Å². The summed E-state index contributed by atoms with van der Waals surface area (Å²) in [6.45, 7) is 5.79. The van der Waals surface area contributed by atoms with Gasteiger partial charge in [-0.05, 0) is 13.8 Å². The smallest absolute Gasteiger partial charge is 0.213 e. The average Bonchev–Trinajstić information content (AvgIpc) is 2.28. The summed E-state index contributed by atoms with van der Waals surface area (Å²) in [6.07, 6.45) is 0. The molecule has 16 heavy (non-hydrogen) atoms. The first-order valence-electron chi connectivity index (χ1n) is 5.44. The van der Waals surface area contributed by atoms with Gasteiger partial charge in [0.15, 0.2) is 0 Å². The molecule has 0 aromatic rings. The number of hydrogen-bond acceptors (Lipinski definition) is 4. The highest BCUT2D eigenvalue weighted by molar-refractivity contribution is 7.89. The third-order valence-electron chi connectivity index (χ3n) is 3.03. The van der Waals surface area contributed by atoms with E-state index < -0.39 is 10.0 Å². The van der Waals surface area contributed by atoms with E-state index in [-0.39, 0.29) is 17.6 Å². The lowest BCUT2D eigenvalue weighted by atomic mass is 10.2. The zero-order valence-corrected chi connectivity index (χ0v) is 10.6. The molecule has 1 aliphatic heterocycles. The quantitative estimate of drug-likeness (QED) is 0.507. The SMILES string of the molecule is CCS(=O)(=O)N1CCN(C(C)C(=N)N)CC1. The van der Waals surface area contributed by atoms with Crippen molar-refractivity contribution in [2.75, 3.05) is 31.9 Å². The first-order valence-corrected chi connectivity index (χ1v) is 7.05. The summed E-state index contributed by atoms with van der Waals surface area (Å²) in [6, 6.07) is -0.105. The lowest BCUT2D eigenvalue weighted by Gasteiger charge is -2.36. The molecule has 0 saturated carbocycles. The molecule has 0 spiro atoms. The summed E-state index contributed by atoms with van der Waals surface area (Å²) in [7, 11) is -3.07. The molecule has 1 rings (SSSR count). The van der Waals surface area contributed by atoms with Gasteiger partial charge in [-0.25, -0.2) is 8.42 Å². The van der Waals surface area contributed by atoms with E-state index in [9.17, 15) is 8.42 Å². The molecule has 1 fully saturated rings. The van der Waals surface area contributed by atoms with Crippen LogP contribution in [0.1, 0.15) is 13.8 Å². The zero-order valence-electron chi connectivity index (χ0n) is 9.81. The van der Waals surface area contributed by atoms with Gasteiger partial charge in [0.05, 0.1) is 11.8 Å². The Bertz CT molecular complexity index is 347. The first-order chi connectivity index (χ1) is 7.38. The van der Waals surface area contributed by atoms with Crippen molar-refractivity contribution < 1.29 is 8.42 Å². The van der Waals surface area contributed by atoms with E-state index >= 15 is 0 Å². The molecule has 0 aromatic heterocycles. The molecule has 0 amide bonds. The third-order valence-corrected chi connectivity index (χ3v) is 4.91. The summed E-state index contributed by atoms with van der Waals surface area (Å²) in [5.74, 6) is 0.279. The van der Waals surface area contributed by atoms with Gasteiger partial charge in [-0.3, -0.25) is 10.3 Å². The molecule has 0 bridgehead atoms. The number of sulfonamides is 1. The van der Waals surface area contributed by atoms with Gasteiger partial charge in [0, 0.05) is 26.2 Å². The van der Waals surface area contributed by atoms with Crippen LogP contribution in [0.5, 0.6) is 0 Å². The van der Waals surface area contributed by atoms with E-state index in [1.165, 1.54) is 4.31 Å². The number of piperazine rings is 1. The largest absolute Gasteiger partial charge is 0.386 e. The molecule has 1 unspecified atom stereocenters. The lowest BCUT2D eigenvalue weighted by molar-refractivity contribution is 0.173. The van der Waals surface area contributed by atoms with Crippen LogP contribution in [0.2, 0.25) is 0 Å². The highest BCUT2D eigenvalue weighted by Gasteiger charge is 2.28. The van der Waals surface area contributed by atoms with Gasteiger partial charge in [0.25, 0.3) is 0 Å². The minimum absolute atomic E-state index is 0.105. The molecule has 7 heteroatoms. The van der Waals surface area contributed by atoms with E-state index in [0.29, 0.717) is 26.2 Å². The molecular formula is C9H20N4O2S. The van der Waals surface area contributed by atoms with Crippen molar-refractivity contribution in [2.45, 2.75) is 19.9 Å². The maximum absolute atomic E-state index is 11.6. The summed E-state index contributed by atoms with van der Waals surface area (Å²) < 4.78 is 24.7. The van der Waals surface area contributed by atoms with Gasteiger partial charge >= 0.3 is 0 Å². The first kappa shape index (κ1) is 13.4. The molecule has 1 heterocycles. The average molecular weight is 248 g/mol. The van der Waals surface area contributed by atoms with Gasteiger partial charge in [-0.15, -0.1) is 0 Å². The van der Waals surface area contributed by atoms with Crippen LogP contribution in [0.15, 0.2) is 0 Å². The van der Waals surface area contributed by atoms with Crippen LogP contribution >= 0.6 is 0 Å². The number of hydrogen-bond donors (Lipinski definition) is 2. The van der Waals surface area contributed by atoms with Crippen molar-refractivity contribution in [1.29, 1.82) is 5.41 Å². The van der Waals surface area contributed by atoms with Crippen LogP contribution in [0.3, 0.4) is 0 Å². The molecule has 3 N–H and O–H groups in total. The predicted molar refractivity (Wildman–Crippen MR) is 64.0 cm³/mol. The maximum atomic E-state index is 11.6. The topological polar surface area (TPSA) is 90.5 Å². The van der Waals surface area contributed by atoms with Gasteiger partial charge in [0.2, 0.25) is 10.0 Å². The zero-order chi connectivity index (χ0) is 12.3. The van der Waals surface area contributed by atoms with E-state index in [2.05, 4.69) is 0 Å². The Morgan fingerprint density at radius 3 is 2.25 bits per heavy atom. The minimum Gasteiger partial charge on any atom is -0.386 e. The number of nitrogens with zero attached hydrogens (tertiary/aromatic N) is 2. The van der Waals surface area contributed by atoms with Crippen molar-refractivity contribution in [3.05, 3.63) is 0 Å². The number of nitrogens with one attached hydrogen (secondary N) is 1. The Morgan fingerprint density at radius 2 is 1.88 bits per heavy atom. The minimum atomic E-state index is -3.07. The molecule has 0 aromatic carbocycles. The highest BCUT2D eigenvalue weighted by Crippen LogP contribution is 2.10. The second-order valence-electron chi connectivity index (χ2n) is 3.97. The Balaban J connectivity index is 2.55. The highest BCUT2D eigenvalue weighted by atomic mass is 32.2. The molecule has 1 saturated heterocycles. The fraction of sp³-hybridized carbons (Fsp3) is 0.889. The molecule has 94 valence electrons. The number of rotatable bonds is 4. The molecule has 0 aliphatic carbocycles. The van der Waals surface area contributed by atoms with E-state index in [1.807, 2.05) is 11.8 Å². The Labute approximate surface area is 97.0 Å². The van der Waals surface area contributed by atoms with Crippen molar-refractivity contribution in [1.82, 2.24) is 9.21 Å². The van der Waals surface area contributed by atoms with Crippen molar-refractivity contribution >= 4 is 15.9 Å². The molecule has 6 nitrogen and oxygen atoms in total. The van der Waals surface area contributed by atoms with Crippen molar-refractivity contribution in [3.8, 4) is 0 Å². The Kier molecular flexibility index (Phi) is 4.28. The molecule has 1 atom stereocenters. The van der Waals surface area contributed by atoms with Gasteiger partial charge in [-0.1, -0.05) is 0 Å². The fourth-order valence-corrected chi connectivity index (χ4v) is 2.83. The third kappa shape index (κ3) is 2.93. The standard InChI is InChI=1S/C9H20N4O2S/c1-3-16(14,15)13-6-4-12(5-7-13)8(2)9(10)11/h8H,3-7H2,1-2H3,(H3,10,11). The van der Waals surface area contributed by atoms with Crippen LogP contribution in [0.4, 0.5) is 0 Å². The van der Waals surface area contributed by atoms with Crippen LogP contribution in [0, 0.1) is 5.41 Å². The summed E-state index contributed by atoms with van der Waals surface area (Å²) in [4.78, 5) is 2.03. The second kappa shape index (κ2) is 5.11. The van der Waals surface area contributed by atoms with Crippen molar-refractivity contribution in [3.63, 3.8) is 0 Å². The molecule has 0 radical (unpaired) electrons. The summed E-state index contributed by atoms with van der Waals surface area (Å²) in [5.41, 5.74) is 5.42. The van der Waals surface area contributed by atoms with E-state index in [1.54, 1.807) is 6.92 Å². The maximum Gasteiger partial charge on any atom is 0.213 e. The Morgan fingerprint density at radius 1 is 1.38 bits per heavy atom. The predicted octanol–water partition coefficient (Wildman–Crippen LogP) is -0.722. The van der Waals surface area contributed by atoms with Crippen LogP contribution < -0.4 is 5.73 Å². The summed E-state index contributed by atoms with van der Waals surface area (Å²) >= 11 is 0. The number of nitrogens with two attached hydrogens (primary N) is 1. The van der Waals surface area contributed by atoms with Crippen LogP contribution in [-0.2, 0) is 10.0 Å². The lowest BCUT2D eigenvalue weighted by Crippen LogP contribution is -2.54. The van der Waals surface area contributed by atoms with Gasteiger partial charge in [0.1, 0.15) is 5.84 Å². The van der Waals surface area contributed by atoms with Gasteiger partial charge in [-0.2, -0.15) is 4.31 Å². The van der Waals surface area contributed by atoms with Gasteiger partial charge < -0.3 is 5.73 Å². The van der Waals surface area contributed by atoms with Crippen molar-refractivity contribution in [2.24, 2.45) is 5.73 Å². The second-order valence-corrected chi connectivity index (χ2v) is 6.22.